The topological polar surface area (TPSA) is 51.8 Å². The van der Waals surface area contributed by atoms with E-state index in [-0.39, 0.29) is 0 Å². The number of aromatic nitrogens is 3. The molecule has 0 fully saturated rings. The molecule has 0 amide bonds. The zero-order valence-corrected chi connectivity index (χ0v) is 28.5. The van der Waals surface area contributed by atoms with Crippen molar-refractivity contribution >= 4 is 65.0 Å². The number of hydrogen-bond donors (Lipinski definition) is 0. The van der Waals surface area contributed by atoms with E-state index in [1.807, 2.05) is 30.3 Å². The predicted octanol–water partition coefficient (Wildman–Crippen LogP) is 13.1. The molecule has 11 aromatic rings. The summed E-state index contributed by atoms with van der Waals surface area (Å²) >= 11 is 0. The van der Waals surface area contributed by atoms with Crippen molar-refractivity contribution in [3.63, 3.8) is 0 Å². The van der Waals surface area contributed by atoms with Gasteiger partial charge in [0, 0.05) is 27.5 Å². The molecule has 0 saturated heterocycles. The Bertz CT molecular complexity index is 3220. The van der Waals surface area contributed by atoms with Gasteiger partial charge in [-0.15, -0.1) is 0 Å². The minimum absolute atomic E-state index is 0.599. The van der Waals surface area contributed by atoms with Crippen LogP contribution < -0.4 is 0 Å². The summed E-state index contributed by atoms with van der Waals surface area (Å²) in [5.74, 6) is 1.85. The fourth-order valence-electron chi connectivity index (χ4n) is 8.04. The van der Waals surface area contributed by atoms with Gasteiger partial charge < -0.3 is 4.42 Å². The number of rotatable bonds is 4. The Morgan fingerprint density at radius 3 is 1.74 bits per heavy atom. The van der Waals surface area contributed by atoms with Gasteiger partial charge >= 0.3 is 0 Å². The van der Waals surface area contributed by atoms with Crippen molar-refractivity contribution < 1.29 is 4.42 Å². The molecule has 9 aromatic carbocycles. The fraction of sp³-hybridized carbons (Fsp3) is 0. The van der Waals surface area contributed by atoms with Crippen LogP contribution in [0.15, 0.2) is 180 Å². The second-order valence-corrected chi connectivity index (χ2v) is 13.5. The van der Waals surface area contributed by atoms with Gasteiger partial charge in [0.25, 0.3) is 0 Å². The van der Waals surface area contributed by atoms with E-state index in [4.69, 9.17) is 19.4 Å². The fourth-order valence-corrected chi connectivity index (χ4v) is 8.04. The van der Waals surface area contributed by atoms with E-state index < -0.39 is 0 Å². The Morgan fingerprint density at radius 1 is 0.302 bits per heavy atom. The van der Waals surface area contributed by atoms with Crippen molar-refractivity contribution in [2.75, 3.05) is 0 Å². The first-order chi connectivity index (χ1) is 26.3. The van der Waals surface area contributed by atoms with E-state index in [1.54, 1.807) is 0 Å². The summed E-state index contributed by atoms with van der Waals surface area (Å²) in [4.78, 5) is 15.7. The van der Waals surface area contributed by atoms with E-state index in [1.165, 1.54) is 37.9 Å². The third-order valence-corrected chi connectivity index (χ3v) is 10.5. The molecule has 0 unspecified atom stereocenters. The molecule has 0 atom stereocenters. The first-order valence-electron chi connectivity index (χ1n) is 17.9. The van der Waals surface area contributed by atoms with Gasteiger partial charge in [-0.1, -0.05) is 152 Å². The average molecular weight is 676 g/mol. The van der Waals surface area contributed by atoms with Crippen molar-refractivity contribution in [2.45, 2.75) is 0 Å². The smallest absolute Gasteiger partial charge is 0.164 e. The molecule has 53 heavy (non-hydrogen) atoms. The summed E-state index contributed by atoms with van der Waals surface area (Å²) < 4.78 is 6.59. The minimum atomic E-state index is 0.599. The first kappa shape index (κ1) is 29.5. The van der Waals surface area contributed by atoms with Crippen LogP contribution in [0.5, 0.6) is 0 Å². The summed E-state index contributed by atoms with van der Waals surface area (Å²) in [6, 6.07) is 61.6. The van der Waals surface area contributed by atoms with Crippen LogP contribution in [0.2, 0.25) is 0 Å². The number of fused-ring (bicyclic) bond motifs is 9. The van der Waals surface area contributed by atoms with Gasteiger partial charge in [0.05, 0.1) is 0 Å². The Morgan fingerprint density at radius 2 is 0.906 bits per heavy atom. The maximum Gasteiger partial charge on any atom is 0.164 e. The van der Waals surface area contributed by atoms with Gasteiger partial charge in [0.15, 0.2) is 17.5 Å². The summed E-state index contributed by atoms with van der Waals surface area (Å²) in [5.41, 5.74) is 6.69. The normalized spacial score (nSPS) is 11.8. The molecular weight excluding hydrogens is 647 g/mol. The molecule has 0 spiro atoms. The molecule has 0 radical (unpaired) electrons. The van der Waals surface area contributed by atoms with E-state index in [0.29, 0.717) is 17.5 Å². The third-order valence-electron chi connectivity index (χ3n) is 10.5. The van der Waals surface area contributed by atoms with Crippen LogP contribution in [-0.4, -0.2) is 15.0 Å². The Kier molecular flexibility index (Phi) is 6.52. The highest BCUT2D eigenvalue weighted by Crippen LogP contribution is 2.41. The quantitative estimate of drug-likeness (QED) is 0.174. The second-order valence-electron chi connectivity index (χ2n) is 13.5. The molecule has 11 rings (SSSR count). The molecule has 246 valence electrons. The summed E-state index contributed by atoms with van der Waals surface area (Å²) in [5, 5.41) is 11.5. The number of hydrogen-bond acceptors (Lipinski definition) is 4. The van der Waals surface area contributed by atoms with Crippen LogP contribution in [0.3, 0.4) is 0 Å². The number of furan rings is 1. The lowest BCUT2D eigenvalue weighted by molar-refractivity contribution is 0.669. The number of benzene rings is 9. The highest BCUT2D eigenvalue weighted by Gasteiger charge is 2.20. The van der Waals surface area contributed by atoms with E-state index >= 15 is 0 Å². The van der Waals surface area contributed by atoms with E-state index in [9.17, 15) is 0 Å². The molecule has 0 bridgehead atoms. The lowest BCUT2D eigenvalue weighted by atomic mass is 9.92. The first-order valence-corrected chi connectivity index (χ1v) is 17.9. The molecule has 4 nitrogen and oxygen atoms in total. The van der Waals surface area contributed by atoms with Crippen molar-refractivity contribution in [3.8, 4) is 45.3 Å². The van der Waals surface area contributed by atoms with Gasteiger partial charge in [0.1, 0.15) is 11.2 Å². The maximum absolute atomic E-state index is 6.59. The molecule has 4 heteroatoms. The highest BCUT2D eigenvalue weighted by atomic mass is 16.3. The monoisotopic (exact) mass is 675 g/mol. The van der Waals surface area contributed by atoms with Crippen LogP contribution in [0, 0.1) is 0 Å². The number of nitrogens with zero attached hydrogens (tertiary/aromatic N) is 3. The average Bonchev–Trinajstić information content (AvgIpc) is 3.61. The molecule has 0 aliphatic heterocycles. The van der Waals surface area contributed by atoms with Gasteiger partial charge in [-0.2, -0.15) is 0 Å². The zero-order chi connectivity index (χ0) is 34.9. The second kappa shape index (κ2) is 11.7. The molecular formula is C49H29N3O. The Balaban J connectivity index is 1.16. The van der Waals surface area contributed by atoms with Crippen molar-refractivity contribution in [1.82, 2.24) is 15.0 Å². The maximum atomic E-state index is 6.59. The molecule has 0 aliphatic carbocycles. The SMILES string of the molecule is c1ccc(-c2nc(-c3cc4ccccc4c4c3ccc3ccccc34)nc(-c3cccc4oc5cc(-c6cccc7ccccc67)ccc5c34)n2)cc1. The van der Waals surface area contributed by atoms with Crippen LogP contribution in [-0.2, 0) is 0 Å². The van der Waals surface area contributed by atoms with E-state index in [2.05, 4.69) is 146 Å². The highest BCUT2D eigenvalue weighted by molar-refractivity contribution is 6.23. The molecule has 2 heterocycles. The third kappa shape index (κ3) is 4.73. The van der Waals surface area contributed by atoms with Crippen molar-refractivity contribution in [3.05, 3.63) is 176 Å². The Hall–Kier alpha value is -7.17. The van der Waals surface area contributed by atoms with Gasteiger partial charge in [-0.25, -0.2) is 15.0 Å². The zero-order valence-electron chi connectivity index (χ0n) is 28.5. The standard InChI is InChI=1S/C49H29N3O/c1-2-14-32(15-3-1)47-50-48(52-49(51-47)42-28-33-16-6-9-20-38(33)45-37-19-8-5-13-31(37)24-26-39(42)45)41-22-11-23-43-46(41)40-27-25-34(29-44(40)53-43)36-21-10-17-30-12-4-7-18-35(30)36/h1-29H. The summed E-state index contributed by atoms with van der Waals surface area (Å²) in [6.45, 7) is 0. The summed E-state index contributed by atoms with van der Waals surface area (Å²) in [7, 11) is 0. The molecule has 0 aliphatic rings. The molecule has 0 saturated carbocycles. The van der Waals surface area contributed by atoms with Crippen molar-refractivity contribution in [2.24, 2.45) is 0 Å². The lowest BCUT2D eigenvalue weighted by Crippen LogP contribution is -2.01. The van der Waals surface area contributed by atoms with Crippen LogP contribution in [0.1, 0.15) is 0 Å². The van der Waals surface area contributed by atoms with E-state index in [0.717, 1.165) is 55.0 Å². The lowest BCUT2D eigenvalue weighted by Gasteiger charge is -2.14. The predicted molar refractivity (Wildman–Crippen MR) is 219 cm³/mol. The Labute approximate surface area is 304 Å². The van der Waals surface area contributed by atoms with Gasteiger partial charge in [0.2, 0.25) is 0 Å². The molecule has 0 N–H and O–H groups in total. The van der Waals surface area contributed by atoms with Crippen molar-refractivity contribution in [1.29, 1.82) is 0 Å². The van der Waals surface area contributed by atoms with Crippen LogP contribution in [0.4, 0.5) is 0 Å². The summed E-state index contributed by atoms with van der Waals surface area (Å²) in [6.07, 6.45) is 0. The molecule has 2 aromatic heterocycles. The van der Waals surface area contributed by atoms with Crippen LogP contribution in [0.25, 0.3) is 110 Å². The largest absolute Gasteiger partial charge is 0.456 e. The van der Waals surface area contributed by atoms with Gasteiger partial charge in [-0.05, 0) is 78.5 Å². The minimum Gasteiger partial charge on any atom is -0.456 e. The van der Waals surface area contributed by atoms with Gasteiger partial charge in [-0.3, -0.25) is 0 Å². The van der Waals surface area contributed by atoms with Crippen LogP contribution >= 0.6 is 0 Å².